The summed E-state index contributed by atoms with van der Waals surface area (Å²) in [6.45, 7) is 6.87. The summed E-state index contributed by atoms with van der Waals surface area (Å²) in [6.07, 6.45) is 6.93. The van der Waals surface area contributed by atoms with Gasteiger partial charge in [-0.1, -0.05) is 0 Å². The Kier molecular flexibility index (Phi) is 2.59. The number of aromatic nitrogens is 3. The molecule has 1 aliphatic heterocycles. The van der Waals surface area contributed by atoms with Gasteiger partial charge in [0, 0.05) is 42.8 Å². The minimum atomic E-state index is 0.608. The Morgan fingerprint density at radius 1 is 1.29 bits per heavy atom. The van der Waals surface area contributed by atoms with E-state index in [1.54, 1.807) is 0 Å². The molecule has 1 aliphatic rings. The molecule has 0 amide bonds. The summed E-state index contributed by atoms with van der Waals surface area (Å²) >= 11 is 0. The molecular formula is C13H18N4. The third-order valence-corrected chi connectivity index (χ3v) is 3.70. The van der Waals surface area contributed by atoms with E-state index in [1.807, 2.05) is 18.6 Å². The molecule has 1 saturated heterocycles. The van der Waals surface area contributed by atoms with Crippen molar-refractivity contribution in [1.82, 2.24) is 19.3 Å². The summed E-state index contributed by atoms with van der Waals surface area (Å²) in [5.41, 5.74) is 1.34. The fourth-order valence-corrected chi connectivity index (χ4v) is 2.68. The second-order valence-corrected chi connectivity index (χ2v) is 5.04. The van der Waals surface area contributed by atoms with Crippen LogP contribution in [0.3, 0.4) is 0 Å². The first-order chi connectivity index (χ1) is 8.25. The van der Waals surface area contributed by atoms with Gasteiger partial charge < -0.3 is 4.90 Å². The van der Waals surface area contributed by atoms with Crippen LogP contribution in [0, 0.1) is 0 Å². The first-order valence-corrected chi connectivity index (χ1v) is 6.27. The Bertz CT molecular complexity index is 517. The van der Waals surface area contributed by atoms with Crippen molar-refractivity contribution >= 4 is 5.78 Å². The van der Waals surface area contributed by atoms with E-state index in [0.29, 0.717) is 12.0 Å². The van der Waals surface area contributed by atoms with Gasteiger partial charge in [0.15, 0.2) is 0 Å². The number of imidazole rings is 1. The largest absolute Gasteiger partial charge is 0.300 e. The Balaban J connectivity index is 1.92. The molecule has 3 rings (SSSR count). The maximum absolute atomic E-state index is 4.27. The zero-order valence-electron chi connectivity index (χ0n) is 10.4. The van der Waals surface area contributed by atoms with Crippen LogP contribution in [0.2, 0.25) is 0 Å². The number of nitrogens with zero attached hydrogens (tertiary/aromatic N) is 4. The molecule has 1 unspecified atom stereocenters. The molecule has 4 nitrogen and oxygen atoms in total. The molecule has 90 valence electrons. The molecule has 1 fully saturated rings. The van der Waals surface area contributed by atoms with Crippen LogP contribution in [0.25, 0.3) is 5.78 Å². The van der Waals surface area contributed by atoms with E-state index in [9.17, 15) is 0 Å². The van der Waals surface area contributed by atoms with E-state index in [2.05, 4.69) is 39.2 Å². The molecular weight excluding hydrogens is 212 g/mol. The Hall–Kier alpha value is -1.42. The van der Waals surface area contributed by atoms with Crippen molar-refractivity contribution in [3.63, 3.8) is 0 Å². The Morgan fingerprint density at radius 3 is 2.88 bits per heavy atom. The highest BCUT2D eigenvalue weighted by Gasteiger charge is 2.26. The molecule has 17 heavy (non-hydrogen) atoms. The molecule has 0 N–H and O–H groups in total. The van der Waals surface area contributed by atoms with Gasteiger partial charge in [0.25, 0.3) is 0 Å². The number of likely N-dealkylation sites (tertiary alicyclic amines) is 1. The van der Waals surface area contributed by atoms with Crippen molar-refractivity contribution in [1.29, 1.82) is 0 Å². The highest BCUT2D eigenvalue weighted by atomic mass is 15.2. The molecule has 0 aromatic carbocycles. The van der Waals surface area contributed by atoms with E-state index in [-0.39, 0.29) is 0 Å². The third kappa shape index (κ3) is 1.82. The lowest BCUT2D eigenvalue weighted by molar-refractivity contribution is 0.272. The average Bonchev–Trinajstić information content (AvgIpc) is 2.97. The van der Waals surface area contributed by atoms with Crippen molar-refractivity contribution in [2.24, 2.45) is 0 Å². The van der Waals surface area contributed by atoms with E-state index >= 15 is 0 Å². The summed E-state index contributed by atoms with van der Waals surface area (Å²) in [7, 11) is 0. The van der Waals surface area contributed by atoms with Crippen LogP contribution < -0.4 is 0 Å². The van der Waals surface area contributed by atoms with Crippen molar-refractivity contribution in [2.75, 3.05) is 13.1 Å². The first-order valence-electron chi connectivity index (χ1n) is 6.27. The molecule has 2 aromatic rings. The van der Waals surface area contributed by atoms with Gasteiger partial charge in [0.05, 0.1) is 0 Å². The summed E-state index contributed by atoms with van der Waals surface area (Å²) in [6, 6.07) is 2.77. The minimum absolute atomic E-state index is 0.608. The van der Waals surface area contributed by atoms with Gasteiger partial charge in [-0.25, -0.2) is 9.97 Å². The minimum Gasteiger partial charge on any atom is -0.300 e. The lowest BCUT2D eigenvalue weighted by Crippen LogP contribution is -2.28. The molecule has 3 heterocycles. The lowest BCUT2D eigenvalue weighted by Gasteiger charge is -2.20. The molecule has 0 radical (unpaired) electrons. The second-order valence-electron chi connectivity index (χ2n) is 5.04. The quantitative estimate of drug-likeness (QED) is 0.790. The molecule has 0 saturated carbocycles. The SMILES string of the molecule is CC(C)N1CCC(c2ccnc3nccn23)C1. The number of hydrogen-bond donors (Lipinski definition) is 0. The molecule has 1 atom stereocenters. The van der Waals surface area contributed by atoms with Gasteiger partial charge in [-0.15, -0.1) is 0 Å². The van der Waals surface area contributed by atoms with Gasteiger partial charge in [0.1, 0.15) is 0 Å². The van der Waals surface area contributed by atoms with E-state index in [0.717, 1.165) is 12.3 Å². The highest BCUT2D eigenvalue weighted by Crippen LogP contribution is 2.28. The maximum Gasteiger partial charge on any atom is 0.233 e. The van der Waals surface area contributed by atoms with E-state index in [1.165, 1.54) is 18.7 Å². The topological polar surface area (TPSA) is 33.4 Å². The number of hydrogen-bond acceptors (Lipinski definition) is 3. The van der Waals surface area contributed by atoms with Crippen LogP contribution in [0.4, 0.5) is 0 Å². The zero-order chi connectivity index (χ0) is 11.8. The van der Waals surface area contributed by atoms with Crippen LogP contribution in [0.5, 0.6) is 0 Å². The molecule has 2 aromatic heterocycles. The van der Waals surface area contributed by atoms with Gasteiger partial charge in [-0.05, 0) is 32.9 Å². The van der Waals surface area contributed by atoms with Crippen molar-refractivity contribution in [2.45, 2.75) is 32.2 Å². The second kappa shape index (κ2) is 4.11. The van der Waals surface area contributed by atoms with Crippen molar-refractivity contribution in [3.8, 4) is 0 Å². The lowest BCUT2D eigenvalue weighted by atomic mass is 10.0. The van der Waals surface area contributed by atoms with Crippen molar-refractivity contribution in [3.05, 3.63) is 30.4 Å². The summed E-state index contributed by atoms with van der Waals surface area (Å²) < 4.78 is 2.12. The Morgan fingerprint density at radius 2 is 2.12 bits per heavy atom. The normalized spacial score (nSPS) is 21.7. The summed E-state index contributed by atoms with van der Waals surface area (Å²) in [5.74, 6) is 1.42. The number of rotatable bonds is 2. The maximum atomic E-state index is 4.27. The monoisotopic (exact) mass is 230 g/mol. The Labute approximate surface area is 101 Å². The van der Waals surface area contributed by atoms with Crippen LogP contribution in [0.15, 0.2) is 24.7 Å². The molecule has 0 bridgehead atoms. The van der Waals surface area contributed by atoms with Gasteiger partial charge in [0.2, 0.25) is 5.78 Å². The number of fused-ring (bicyclic) bond motifs is 1. The van der Waals surface area contributed by atoms with Crippen molar-refractivity contribution < 1.29 is 0 Å². The average molecular weight is 230 g/mol. The molecule has 0 spiro atoms. The van der Waals surface area contributed by atoms with Gasteiger partial charge in [-0.2, -0.15) is 0 Å². The van der Waals surface area contributed by atoms with Gasteiger partial charge in [-0.3, -0.25) is 4.40 Å². The smallest absolute Gasteiger partial charge is 0.233 e. The standard InChI is InChI=1S/C13H18N4/c1-10(2)16-7-4-11(9-16)12-3-5-14-13-15-6-8-17(12)13/h3,5-6,8,10-11H,4,7,9H2,1-2H3. The summed E-state index contributed by atoms with van der Waals surface area (Å²) in [5, 5.41) is 0. The first kappa shape index (κ1) is 10.7. The third-order valence-electron chi connectivity index (χ3n) is 3.70. The molecule has 4 heteroatoms. The predicted molar refractivity (Wildman–Crippen MR) is 67.1 cm³/mol. The van der Waals surface area contributed by atoms with Crippen LogP contribution in [-0.4, -0.2) is 38.4 Å². The summed E-state index contributed by atoms with van der Waals surface area (Å²) in [4.78, 5) is 11.0. The predicted octanol–water partition coefficient (Wildman–Crippen LogP) is 1.93. The van der Waals surface area contributed by atoms with Crippen LogP contribution in [0.1, 0.15) is 31.9 Å². The van der Waals surface area contributed by atoms with Gasteiger partial charge >= 0.3 is 0 Å². The van der Waals surface area contributed by atoms with Crippen LogP contribution >= 0.6 is 0 Å². The van der Waals surface area contributed by atoms with Crippen LogP contribution in [-0.2, 0) is 0 Å². The molecule has 0 aliphatic carbocycles. The zero-order valence-corrected chi connectivity index (χ0v) is 10.4. The van der Waals surface area contributed by atoms with E-state index < -0.39 is 0 Å². The fraction of sp³-hybridized carbons (Fsp3) is 0.538. The highest BCUT2D eigenvalue weighted by molar-refractivity contribution is 5.31. The van der Waals surface area contributed by atoms with E-state index in [4.69, 9.17) is 0 Å². The fourth-order valence-electron chi connectivity index (χ4n) is 2.68.